The zero-order valence-electron chi connectivity index (χ0n) is 18.5. The van der Waals surface area contributed by atoms with E-state index in [1.807, 2.05) is 0 Å². The van der Waals surface area contributed by atoms with Crippen LogP contribution in [0.3, 0.4) is 0 Å². The van der Waals surface area contributed by atoms with Gasteiger partial charge in [-0.25, -0.2) is 9.37 Å². The van der Waals surface area contributed by atoms with Crippen molar-refractivity contribution < 1.29 is 23.8 Å². The maximum absolute atomic E-state index is 13.1. The molecule has 2 amide bonds. The van der Waals surface area contributed by atoms with Gasteiger partial charge >= 0.3 is 0 Å². The number of carbonyl (C=O) groups is 2. The van der Waals surface area contributed by atoms with Crippen LogP contribution < -0.4 is 15.8 Å². The summed E-state index contributed by atoms with van der Waals surface area (Å²) in [5.41, 5.74) is 7.66. The number of primary amides is 1. The zero-order chi connectivity index (χ0) is 24.8. The number of hydrogen-bond acceptors (Lipinski definition) is 5. The number of hydrogen-bond donors (Lipinski definition) is 3. The molecule has 4 rings (SSSR count). The lowest BCUT2D eigenvalue weighted by Gasteiger charge is -2.16. The molecule has 3 aromatic carbocycles. The van der Waals surface area contributed by atoms with Crippen LogP contribution in [0.5, 0.6) is 17.2 Å². The number of amides is 2. The molecule has 0 bridgehead atoms. The first kappa shape index (κ1) is 23.4. The van der Waals surface area contributed by atoms with Gasteiger partial charge in [0.05, 0.1) is 5.69 Å². The third-order valence-electron chi connectivity index (χ3n) is 5.21. The summed E-state index contributed by atoms with van der Waals surface area (Å²) in [4.78, 5) is 29.1. The average molecular weight is 471 g/mol. The van der Waals surface area contributed by atoms with Gasteiger partial charge in [-0.05, 0) is 78.4 Å². The lowest BCUT2D eigenvalue weighted by Crippen LogP contribution is -2.46. The van der Waals surface area contributed by atoms with E-state index in [0.717, 1.165) is 11.1 Å². The van der Waals surface area contributed by atoms with Gasteiger partial charge in [0, 0.05) is 12.0 Å². The fraction of sp³-hybridized carbons (Fsp3) is 0.0741. The molecule has 0 aliphatic carbocycles. The minimum absolute atomic E-state index is 0.101. The Morgan fingerprint density at radius 2 is 1.54 bits per heavy atom. The van der Waals surface area contributed by atoms with Gasteiger partial charge in [0.1, 0.15) is 34.8 Å². The number of phenolic OH excluding ortho intramolecular Hbond substituents is 1. The summed E-state index contributed by atoms with van der Waals surface area (Å²) in [5.74, 6) is -0.389. The molecule has 0 spiro atoms. The van der Waals surface area contributed by atoms with Gasteiger partial charge in [-0.2, -0.15) is 0 Å². The van der Waals surface area contributed by atoms with Crippen LogP contribution in [0.2, 0.25) is 0 Å². The van der Waals surface area contributed by atoms with E-state index in [1.54, 1.807) is 54.6 Å². The number of aromatic nitrogens is 1. The van der Waals surface area contributed by atoms with Crippen molar-refractivity contribution in [2.24, 2.45) is 5.73 Å². The largest absolute Gasteiger partial charge is 0.508 e. The SMILES string of the molecule is NC(=O)C(Cc1ccc(O)cc1)NC(=O)c1cccc(-c2ccc(Oc3ccc(F)cc3)cc2)n1. The third kappa shape index (κ3) is 6.20. The second-order valence-corrected chi connectivity index (χ2v) is 7.79. The molecule has 4 N–H and O–H groups in total. The molecule has 176 valence electrons. The van der Waals surface area contributed by atoms with Gasteiger partial charge in [-0.3, -0.25) is 9.59 Å². The number of benzene rings is 3. The average Bonchev–Trinajstić information content (AvgIpc) is 2.87. The van der Waals surface area contributed by atoms with Crippen molar-refractivity contribution >= 4 is 11.8 Å². The predicted molar refractivity (Wildman–Crippen MR) is 128 cm³/mol. The number of carbonyl (C=O) groups excluding carboxylic acids is 2. The quantitative estimate of drug-likeness (QED) is 0.356. The molecule has 1 atom stereocenters. The van der Waals surface area contributed by atoms with E-state index in [2.05, 4.69) is 10.3 Å². The van der Waals surface area contributed by atoms with Gasteiger partial charge in [0.25, 0.3) is 5.91 Å². The number of nitrogens with one attached hydrogen (secondary N) is 1. The maximum atomic E-state index is 13.1. The Morgan fingerprint density at radius 1 is 0.914 bits per heavy atom. The van der Waals surface area contributed by atoms with Gasteiger partial charge < -0.3 is 20.9 Å². The van der Waals surface area contributed by atoms with Crippen LogP contribution in [0.15, 0.2) is 91.0 Å². The molecule has 0 fully saturated rings. The first-order chi connectivity index (χ1) is 16.9. The monoisotopic (exact) mass is 471 g/mol. The molecule has 7 nitrogen and oxygen atoms in total. The van der Waals surface area contributed by atoms with Crippen molar-refractivity contribution in [3.05, 3.63) is 108 Å². The molecular formula is C27H22FN3O4. The molecule has 1 heterocycles. The van der Waals surface area contributed by atoms with Gasteiger partial charge in [0.2, 0.25) is 5.91 Å². The van der Waals surface area contributed by atoms with Crippen molar-refractivity contribution in [1.82, 2.24) is 10.3 Å². The van der Waals surface area contributed by atoms with Gasteiger partial charge in [-0.15, -0.1) is 0 Å². The highest BCUT2D eigenvalue weighted by atomic mass is 19.1. The highest BCUT2D eigenvalue weighted by Crippen LogP contribution is 2.25. The second kappa shape index (κ2) is 10.5. The number of nitrogens with two attached hydrogens (primary N) is 1. The van der Waals surface area contributed by atoms with Crippen molar-refractivity contribution in [1.29, 1.82) is 0 Å². The molecule has 0 aliphatic rings. The number of phenols is 1. The maximum Gasteiger partial charge on any atom is 0.270 e. The Balaban J connectivity index is 1.45. The molecule has 0 radical (unpaired) electrons. The normalized spacial score (nSPS) is 11.5. The van der Waals surface area contributed by atoms with E-state index in [1.165, 1.54) is 36.4 Å². The Bertz CT molecular complexity index is 1320. The molecule has 1 aromatic heterocycles. The van der Waals surface area contributed by atoms with Crippen LogP contribution >= 0.6 is 0 Å². The lowest BCUT2D eigenvalue weighted by molar-refractivity contribution is -0.119. The number of ether oxygens (including phenoxy) is 1. The third-order valence-corrected chi connectivity index (χ3v) is 5.21. The minimum Gasteiger partial charge on any atom is -0.508 e. The lowest BCUT2D eigenvalue weighted by atomic mass is 10.0. The van der Waals surface area contributed by atoms with E-state index < -0.39 is 17.9 Å². The summed E-state index contributed by atoms with van der Waals surface area (Å²) < 4.78 is 18.8. The number of halogens is 1. The van der Waals surface area contributed by atoms with E-state index in [0.29, 0.717) is 17.2 Å². The Hall–Kier alpha value is -4.72. The Kier molecular flexibility index (Phi) is 7.02. The standard InChI is InChI=1S/C27H22FN3O4/c28-19-8-14-22(15-9-19)35-21-12-6-18(7-13-21)23-2-1-3-24(30-23)27(34)31-25(26(29)33)16-17-4-10-20(32)11-5-17/h1-15,25,32H,16H2,(H2,29,33)(H,31,34). The van der Waals surface area contributed by atoms with Crippen molar-refractivity contribution in [2.45, 2.75) is 12.5 Å². The number of rotatable bonds is 8. The van der Waals surface area contributed by atoms with Crippen LogP contribution in [-0.2, 0) is 11.2 Å². The topological polar surface area (TPSA) is 115 Å². The van der Waals surface area contributed by atoms with E-state index in [4.69, 9.17) is 10.5 Å². The molecule has 35 heavy (non-hydrogen) atoms. The molecule has 0 aliphatic heterocycles. The van der Waals surface area contributed by atoms with E-state index in [9.17, 15) is 19.1 Å². The van der Waals surface area contributed by atoms with Crippen LogP contribution in [0.1, 0.15) is 16.1 Å². The Morgan fingerprint density at radius 3 is 2.17 bits per heavy atom. The van der Waals surface area contributed by atoms with Crippen molar-refractivity contribution in [3.8, 4) is 28.5 Å². The summed E-state index contributed by atoms with van der Waals surface area (Å²) in [7, 11) is 0. The molecule has 0 saturated carbocycles. The van der Waals surface area contributed by atoms with E-state index in [-0.39, 0.29) is 23.7 Å². The van der Waals surface area contributed by atoms with Crippen molar-refractivity contribution in [2.75, 3.05) is 0 Å². The fourth-order valence-corrected chi connectivity index (χ4v) is 3.38. The summed E-state index contributed by atoms with van der Waals surface area (Å²) in [6.07, 6.45) is 0.177. The zero-order valence-corrected chi connectivity index (χ0v) is 18.5. The smallest absolute Gasteiger partial charge is 0.270 e. The van der Waals surface area contributed by atoms with Crippen molar-refractivity contribution in [3.63, 3.8) is 0 Å². The fourth-order valence-electron chi connectivity index (χ4n) is 3.38. The highest BCUT2D eigenvalue weighted by molar-refractivity contribution is 5.96. The van der Waals surface area contributed by atoms with Crippen LogP contribution in [0.4, 0.5) is 4.39 Å². The molecule has 4 aromatic rings. The predicted octanol–water partition coefficient (Wildman–Crippen LogP) is 4.21. The first-order valence-electron chi connectivity index (χ1n) is 10.8. The number of pyridine rings is 1. The van der Waals surface area contributed by atoms with Gasteiger partial charge in [0.15, 0.2) is 0 Å². The second-order valence-electron chi connectivity index (χ2n) is 7.79. The number of aromatic hydroxyl groups is 1. The van der Waals surface area contributed by atoms with E-state index >= 15 is 0 Å². The number of nitrogens with zero attached hydrogens (tertiary/aromatic N) is 1. The summed E-state index contributed by atoms with van der Waals surface area (Å²) in [6.45, 7) is 0. The van der Waals surface area contributed by atoms with Crippen LogP contribution in [-0.4, -0.2) is 27.9 Å². The molecule has 0 saturated heterocycles. The molecular weight excluding hydrogens is 449 g/mol. The Labute approximate surface area is 201 Å². The molecule has 8 heteroatoms. The van der Waals surface area contributed by atoms with Crippen LogP contribution in [0, 0.1) is 5.82 Å². The summed E-state index contributed by atoms with van der Waals surface area (Å²) in [6, 6.07) is 23.1. The van der Waals surface area contributed by atoms with Crippen LogP contribution in [0.25, 0.3) is 11.3 Å². The molecule has 1 unspecified atom stereocenters. The summed E-state index contributed by atoms with van der Waals surface area (Å²) in [5, 5.41) is 12.0. The summed E-state index contributed by atoms with van der Waals surface area (Å²) >= 11 is 0. The first-order valence-corrected chi connectivity index (χ1v) is 10.8. The highest BCUT2D eigenvalue weighted by Gasteiger charge is 2.20. The minimum atomic E-state index is -0.944. The van der Waals surface area contributed by atoms with Gasteiger partial charge in [-0.1, -0.05) is 18.2 Å².